The van der Waals surface area contributed by atoms with Crippen LogP contribution in [0.25, 0.3) is 0 Å². The highest BCUT2D eigenvalue weighted by Gasteiger charge is 2.21. The van der Waals surface area contributed by atoms with E-state index in [1.54, 1.807) is 4.90 Å². The molecule has 0 spiro atoms. The molecule has 1 unspecified atom stereocenters. The Balaban J connectivity index is 0.00000243. The summed E-state index contributed by atoms with van der Waals surface area (Å²) in [5, 5.41) is 6.31. The van der Waals surface area contributed by atoms with Crippen molar-refractivity contribution in [1.82, 2.24) is 10.6 Å². The summed E-state index contributed by atoms with van der Waals surface area (Å²) < 4.78 is 5.58. The maximum Gasteiger partial charge on any atom is 0.257 e. The molecular weight excluding hydrogens is 354 g/mol. The Labute approximate surface area is 161 Å². The zero-order chi connectivity index (χ0) is 17.5. The van der Waals surface area contributed by atoms with E-state index in [0.29, 0.717) is 24.6 Å². The first-order valence-corrected chi connectivity index (χ1v) is 9.23. The van der Waals surface area contributed by atoms with Crippen LogP contribution in [0, 0.1) is 5.92 Å². The van der Waals surface area contributed by atoms with Gasteiger partial charge in [-0.3, -0.25) is 9.59 Å². The molecule has 0 aromatic heterocycles. The largest absolute Gasteiger partial charge is 0.484 e. The van der Waals surface area contributed by atoms with E-state index in [0.717, 1.165) is 38.2 Å². The number of nitrogens with one attached hydrogen (secondary N) is 2. The summed E-state index contributed by atoms with van der Waals surface area (Å²) >= 11 is 0. The molecule has 6 nitrogen and oxygen atoms in total. The van der Waals surface area contributed by atoms with Gasteiger partial charge in [0.25, 0.3) is 5.91 Å². The molecule has 26 heavy (non-hydrogen) atoms. The van der Waals surface area contributed by atoms with Crippen molar-refractivity contribution in [3.8, 4) is 5.75 Å². The van der Waals surface area contributed by atoms with Gasteiger partial charge in [-0.1, -0.05) is 6.07 Å². The van der Waals surface area contributed by atoms with E-state index in [1.165, 1.54) is 12.8 Å². The molecule has 2 fully saturated rings. The Hall–Kier alpha value is -1.79. The van der Waals surface area contributed by atoms with Crippen molar-refractivity contribution in [2.75, 3.05) is 37.7 Å². The van der Waals surface area contributed by atoms with Crippen LogP contribution in [-0.2, 0) is 9.59 Å². The minimum atomic E-state index is -0.105. The smallest absolute Gasteiger partial charge is 0.257 e. The first-order valence-electron chi connectivity index (χ1n) is 9.23. The van der Waals surface area contributed by atoms with E-state index in [2.05, 4.69) is 10.6 Å². The molecule has 144 valence electrons. The number of rotatable bonds is 7. The molecule has 2 aliphatic rings. The summed E-state index contributed by atoms with van der Waals surface area (Å²) in [4.78, 5) is 25.5. The Morgan fingerprint density at radius 3 is 2.96 bits per heavy atom. The highest BCUT2D eigenvalue weighted by atomic mass is 35.5. The lowest BCUT2D eigenvalue weighted by atomic mass is 9.96. The van der Waals surface area contributed by atoms with Crippen LogP contribution >= 0.6 is 12.4 Å². The lowest BCUT2D eigenvalue weighted by Gasteiger charge is -2.22. The average molecular weight is 382 g/mol. The van der Waals surface area contributed by atoms with Gasteiger partial charge in [-0.05, 0) is 56.8 Å². The Morgan fingerprint density at radius 1 is 1.35 bits per heavy atom. The number of carbonyl (C=O) groups excluding carboxylic acids is 2. The van der Waals surface area contributed by atoms with Gasteiger partial charge in [0.1, 0.15) is 5.75 Å². The lowest BCUT2D eigenvalue weighted by Crippen LogP contribution is -2.34. The van der Waals surface area contributed by atoms with Gasteiger partial charge in [-0.2, -0.15) is 0 Å². The summed E-state index contributed by atoms with van der Waals surface area (Å²) in [6, 6.07) is 7.38. The summed E-state index contributed by atoms with van der Waals surface area (Å²) in [5.74, 6) is 1.31. The molecule has 3 rings (SSSR count). The summed E-state index contributed by atoms with van der Waals surface area (Å²) in [7, 11) is 0. The highest BCUT2D eigenvalue weighted by Crippen LogP contribution is 2.25. The molecule has 2 aliphatic heterocycles. The Kier molecular flexibility index (Phi) is 8.19. The van der Waals surface area contributed by atoms with Crippen molar-refractivity contribution >= 4 is 29.9 Å². The van der Waals surface area contributed by atoms with Crippen LogP contribution in [0.15, 0.2) is 24.3 Å². The lowest BCUT2D eigenvalue weighted by molar-refractivity contribution is -0.123. The van der Waals surface area contributed by atoms with Gasteiger partial charge >= 0.3 is 0 Å². The fraction of sp³-hybridized carbons (Fsp3) is 0.579. The fourth-order valence-corrected chi connectivity index (χ4v) is 3.45. The van der Waals surface area contributed by atoms with Crippen LogP contribution in [0.1, 0.15) is 32.1 Å². The van der Waals surface area contributed by atoms with Crippen molar-refractivity contribution in [3.63, 3.8) is 0 Å². The topological polar surface area (TPSA) is 70.7 Å². The van der Waals surface area contributed by atoms with Crippen LogP contribution in [-0.4, -0.2) is 44.6 Å². The maximum atomic E-state index is 11.9. The van der Waals surface area contributed by atoms with E-state index in [-0.39, 0.29) is 30.8 Å². The number of hydrogen-bond acceptors (Lipinski definition) is 4. The van der Waals surface area contributed by atoms with E-state index in [9.17, 15) is 9.59 Å². The molecule has 0 radical (unpaired) electrons. The quantitative estimate of drug-likeness (QED) is 0.759. The van der Waals surface area contributed by atoms with E-state index < -0.39 is 0 Å². The van der Waals surface area contributed by atoms with Crippen LogP contribution < -0.4 is 20.3 Å². The molecule has 2 saturated heterocycles. The normalized spacial score (nSPS) is 19.8. The van der Waals surface area contributed by atoms with E-state index in [4.69, 9.17) is 4.74 Å². The number of benzene rings is 1. The Bertz CT molecular complexity index is 605. The summed E-state index contributed by atoms with van der Waals surface area (Å²) in [5.41, 5.74) is 0.838. The molecule has 7 heteroatoms. The van der Waals surface area contributed by atoms with Crippen molar-refractivity contribution < 1.29 is 14.3 Å². The maximum absolute atomic E-state index is 11.9. The number of nitrogens with zero attached hydrogens (tertiary/aromatic N) is 1. The van der Waals surface area contributed by atoms with Crippen LogP contribution in [0.2, 0.25) is 0 Å². The second-order valence-corrected chi connectivity index (χ2v) is 6.79. The third-order valence-electron chi connectivity index (χ3n) is 4.85. The number of piperidine rings is 1. The van der Waals surface area contributed by atoms with E-state index >= 15 is 0 Å². The Morgan fingerprint density at radius 2 is 2.23 bits per heavy atom. The fourth-order valence-electron chi connectivity index (χ4n) is 3.45. The van der Waals surface area contributed by atoms with Gasteiger partial charge in [-0.15, -0.1) is 12.4 Å². The number of halogens is 1. The third-order valence-corrected chi connectivity index (χ3v) is 4.85. The number of hydrogen-bond donors (Lipinski definition) is 2. The molecular formula is C19H28ClN3O3. The SMILES string of the molecule is Cl.O=C(COc1cccc(N2CCCC2=O)c1)NCCC1CCCNC1. The van der Waals surface area contributed by atoms with Gasteiger partial charge in [0.2, 0.25) is 5.91 Å². The van der Waals surface area contributed by atoms with Crippen LogP contribution in [0.5, 0.6) is 5.75 Å². The molecule has 1 aromatic carbocycles. The van der Waals surface area contributed by atoms with Gasteiger partial charge in [-0.25, -0.2) is 0 Å². The predicted molar refractivity (Wildman–Crippen MR) is 104 cm³/mol. The number of anilines is 1. The van der Waals surface area contributed by atoms with Crippen LogP contribution in [0.4, 0.5) is 5.69 Å². The monoisotopic (exact) mass is 381 g/mol. The third kappa shape index (κ3) is 5.88. The number of amides is 2. The second kappa shape index (κ2) is 10.4. The minimum absolute atomic E-state index is 0. The second-order valence-electron chi connectivity index (χ2n) is 6.79. The molecule has 2 amide bonds. The molecule has 1 atom stereocenters. The molecule has 0 saturated carbocycles. The predicted octanol–water partition coefficient (Wildman–Crippen LogP) is 2.12. The standard InChI is InChI=1S/C19H27N3O3.ClH/c23-18(21-10-8-15-4-2-9-20-13-15)14-25-17-6-1-5-16(12-17)22-11-3-7-19(22)24;/h1,5-6,12,15,20H,2-4,7-11,13-14H2,(H,21,23);1H. The van der Waals surface area contributed by atoms with Crippen molar-refractivity contribution in [1.29, 1.82) is 0 Å². The van der Waals surface area contributed by atoms with Gasteiger partial charge in [0.15, 0.2) is 6.61 Å². The van der Waals surface area contributed by atoms with Crippen molar-refractivity contribution in [2.24, 2.45) is 5.92 Å². The summed E-state index contributed by atoms with van der Waals surface area (Å²) in [6.45, 7) is 3.60. The van der Waals surface area contributed by atoms with Gasteiger partial charge < -0.3 is 20.3 Å². The zero-order valence-corrected chi connectivity index (χ0v) is 15.9. The van der Waals surface area contributed by atoms with Crippen molar-refractivity contribution in [3.05, 3.63) is 24.3 Å². The number of carbonyl (C=O) groups is 2. The molecule has 2 heterocycles. The van der Waals surface area contributed by atoms with Crippen molar-refractivity contribution in [2.45, 2.75) is 32.1 Å². The molecule has 2 N–H and O–H groups in total. The molecule has 0 aliphatic carbocycles. The zero-order valence-electron chi connectivity index (χ0n) is 15.0. The van der Waals surface area contributed by atoms with Gasteiger partial charge in [0.05, 0.1) is 0 Å². The first kappa shape index (κ1) is 20.5. The van der Waals surface area contributed by atoms with E-state index in [1.807, 2.05) is 24.3 Å². The number of ether oxygens (including phenoxy) is 1. The summed E-state index contributed by atoms with van der Waals surface area (Å²) in [6.07, 6.45) is 4.96. The van der Waals surface area contributed by atoms with Crippen LogP contribution in [0.3, 0.4) is 0 Å². The average Bonchev–Trinajstić information content (AvgIpc) is 3.07. The molecule has 0 bridgehead atoms. The first-order chi connectivity index (χ1) is 12.2. The highest BCUT2D eigenvalue weighted by molar-refractivity contribution is 5.95. The minimum Gasteiger partial charge on any atom is -0.484 e. The molecule has 1 aromatic rings. The van der Waals surface area contributed by atoms with Gasteiger partial charge in [0, 0.05) is 31.3 Å².